The average Bonchev–Trinajstić information content (AvgIpc) is 3.13. The number of amides is 1. The zero-order chi connectivity index (χ0) is 22.5. The number of carbonyl (C=O) groups excluding carboxylic acids is 1. The van der Waals surface area contributed by atoms with Crippen molar-refractivity contribution in [3.8, 4) is 11.6 Å². The van der Waals surface area contributed by atoms with Gasteiger partial charge in [0.2, 0.25) is 5.88 Å². The monoisotopic (exact) mass is 430 g/mol. The summed E-state index contributed by atoms with van der Waals surface area (Å²) in [6.07, 6.45) is 2.68. The van der Waals surface area contributed by atoms with E-state index in [0.29, 0.717) is 23.4 Å². The van der Waals surface area contributed by atoms with Gasteiger partial charge in [-0.2, -0.15) is 0 Å². The van der Waals surface area contributed by atoms with Gasteiger partial charge in [-0.15, -0.1) is 0 Å². The molecule has 9 heteroatoms. The van der Waals surface area contributed by atoms with E-state index in [0.717, 1.165) is 22.2 Å². The Hall–Kier alpha value is -4.40. The lowest BCUT2D eigenvalue weighted by Gasteiger charge is -2.09. The van der Waals surface area contributed by atoms with Crippen molar-refractivity contribution < 1.29 is 14.4 Å². The summed E-state index contributed by atoms with van der Waals surface area (Å²) in [6, 6.07) is 15.2. The molecular formula is C23H22N6O3. The lowest BCUT2D eigenvalue weighted by atomic mass is 10.1. The van der Waals surface area contributed by atoms with Gasteiger partial charge in [0.15, 0.2) is 0 Å². The molecule has 2 heterocycles. The molecule has 32 heavy (non-hydrogen) atoms. The number of nitrogens with one attached hydrogen (secondary N) is 2. The second-order valence-corrected chi connectivity index (χ2v) is 7.00. The van der Waals surface area contributed by atoms with Gasteiger partial charge in [-0.25, -0.2) is 9.97 Å². The van der Waals surface area contributed by atoms with E-state index in [-0.39, 0.29) is 17.6 Å². The van der Waals surface area contributed by atoms with Crippen LogP contribution in [0.2, 0.25) is 0 Å². The van der Waals surface area contributed by atoms with Crippen LogP contribution in [0.15, 0.2) is 60.0 Å². The van der Waals surface area contributed by atoms with Gasteiger partial charge in [-0.1, -0.05) is 35.5 Å². The Morgan fingerprint density at radius 3 is 2.81 bits per heavy atom. The Morgan fingerprint density at radius 1 is 1.22 bits per heavy atom. The van der Waals surface area contributed by atoms with E-state index in [2.05, 4.69) is 25.4 Å². The molecule has 0 radical (unpaired) electrons. The number of ether oxygens (including phenoxy) is 1. The highest BCUT2D eigenvalue weighted by Gasteiger charge is 2.17. The molecule has 0 saturated carbocycles. The van der Waals surface area contributed by atoms with E-state index >= 15 is 0 Å². The van der Waals surface area contributed by atoms with Crippen molar-refractivity contribution in [1.82, 2.24) is 20.3 Å². The molecule has 4 rings (SSSR count). The van der Waals surface area contributed by atoms with Gasteiger partial charge in [0.05, 0.1) is 11.8 Å². The first-order valence-electron chi connectivity index (χ1n) is 9.86. The first kappa shape index (κ1) is 20.9. The number of oxime groups is 1. The van der Waals surface area contributed by atoms with Gasteiger partial charge in [-0.05, 0) is 30.7 Å². The molecule has 0 aliphatic heterocycles. The summed E-state index contributed by atoms with van der Waals surface area (Å²) in [5.74, 6) is 0.739. The van der Waals surface area contributed by atoms with Gasteiger partial charge >= 0.3 is 0 Å². The molecular weight excluding hydrogens is 408 g/mol. The molecule has 2 aromatic carbocycles. The summed E-state index contributed by atoms with van der Waals surface area (Å²) in [5.41, 5.74) is 9.48. The molecule has 0 unspecified atom stereocenters. The van der Waals surface area contributed by atoms with E-state index in [1.165, 1.54) is 19.7 Å². The van der Waals surface area contributed by atoms with Crippen LogP contribution in [0.3, 0.4) is 0 Å². The molecule has 9 nitrogen and oxygen atoms in total. The van der Waals surface area contributed by atoms with Gasteiger partial charge in [0.1, 0.15) is 30.6 Å². The predicted octanol–water partition coefficient (Wildman–Crippen LogP) is 3.55. The first-order chi connectivity index (χ1) is 15.6. The molecule has 0 saturated heterocycles. The maximum atomic E-state index is 13.0. The number of aryl methyl sites for hydroxylation is 1. The fraction of sp³-hybridized carbons (Fsp3) is 0.130. The highest BCUT2D eigenvalue weighted by atomic mass is 16.6. The number of aromatic amines is 1. The lowest BCUT2D eigenvalue weighted by molar-refractivity contribution is 0.0952. The number of hydrogen-bond acceptors (Lipinski definition) is 7. The average molecular weight is 430 g/mol. The van der Waals surface area contributed by atoms with Crippen molar-refractivity contribution in [3.63, 3.8) is 0 Å². The minimum absolute atomic E-state index is 0.172. The summed E-state index contributed by atoms with van der Waals surface area (Å²) in [6.45, 7) is 2.30. The summed E-state index contributed by atoms with van der Waals surface area (Å²) >= 11 is 0. The van der Waals surface area contributed by atoms with Crippen molar-refractivity contribution in [2.45, 2.75) is 13.5 Å². The third kappa shape index (κ3) is 4.36. The number of H-pyrrole nitrogens is 1. The molecule has 1 amide bonds. The van der Waals surface area contributed by atoms with E-state index in [1.54, 1.807) is 12.1 Å². The maximum Gasteiger partial charge on any atom is 0.253 e. The highest BCUT2D eigenvalue weighted by molar-refractivity contribution is 6.08. The number of benzene rings is 2. The Bertz CT molecular complexity index is 1280. The minimum atomic E-state index is -0.172. The summed E-state index contributed by atoms with van der Waals surface area (Å²) in [4.78, 5) is 29.0. The first-order valence-corrected chi connectivity index (χ1v) is 9.86. The normalized spacial score (nSPS) is 11.1. The molecule has 0 aliphatic rings. The molecule has 4 N–H and O–H groups in total. The number of anilines is 1. The van der Waals surface area contributed by atoms with Crippen molar-refractivity contribution >= 4 is 28.8 Å². The largest absolute Gasteiger partial charge is 0.438 e. The number of nitrogens with two attached hydrogens (primary N) is 1. The lowest BCUT2D eigenvalue weighted by Crippen LogP contribution is -2.23. The van der Waals surface area contributed by atoms with Crippen LogP contribution in [0.1, 0.15) is 27.2 Å². The van der Waals surface area contributed by atoms with Crippen LogP contribution in [0, 0.1) is 6.92 Å². The molecule has 0 bridgehead atoms. The number of carbonyl (C=O) groups is 1. The molecule has 162 valence electrons. The van der Waals surface area contributed by atoms with Crippen LogP contribution in [0.5, 0.6) is 11.6 Å². The highest BCUT2D eigenvalue weighted by Crippen LogP contribution is 2.30. The number of rotatable bonds is 7. The van der Waals surface area contributed by atoms with E-state index in [1.807, 2.05) is 43.3 Å². The maximum absolute atomic E-state index is 13.0. The SMILES string of the molecule is CON=Cc1c(N)ncnc1Oc1ccc2[nH]c(C)c(C(=O)NCc3ccccc3)c2c1. The van der Waals surface area contributed by atoms with Crippen LogP contribution in [0.25, 0.3) is 10.9 Å². The standard InChI is InChI=1S/C23H22N6O3/c1-14-20(22(30)25-11-15-6-4-3-5-7-15)17-10-16(8-9-19(17)29-14)32-23-18(12-28-31-2)21(24)26-13-27-23/h3-10,12-13,29H,11H2,1-2H3,(H,25,30)(H2,24,26,27). The van der Waals surface area contributed by atoms with Crippen molar-refractivity contribution in [2.75, 3.05) is 12.8 Å². The topological polar surface area (TPSA) is 128 Å². The molecule has 0 fully saturated rings. The van der Waals surface area contributed by atoms with E-state index in [4.69, 9.17) is 15.3 Å². The number of fused-ring (bicyclic) bond motifs is 1. The van der Waals surface area contributed by atoms with Crippen molar-refractivity contribution in [3.05, 3.63) is 77.2 Å². The molecule has 2 aromatic heterocycles. The third-order valence-electron chi connectivity index (χ3n) is 4.86. The van der Waals surface area contributed by atoms with Crippen LogP contribution in [-0.2, 0) is 11.4 Å². The van der Waals surface area contributed by atoms with Crippen LogP contribution in [-0.4, -0.2) is 34.2 Å². The summed E-state index contributed by atoms with van der Waals surface area (Å²) < 4.78 is 5.95. The molecule has 0 spiro atoms. The number of aromatic nitrogens is 3. The Morgan fingerprint density at radius 2 is 2.03 bits per heavy atom. The van der Waals surface area contributed by atoms with Crippen LogP contribution in [0.4, 0.5) is 5.82 Å². The molecule has 0 aliphatic carbocycles. The fourth-order valence-electron chi connectivity index (χ4n) is 3.34. The van der Waals surface area contributed by atoms with Crippen LogP contribution < -0.4 is 15.8 Å². The van der Waals surface area contributed by atoms with Gasteiger partial charge in [0.25, 0.3) is 5.91 Å². The second kappa shape index (κ2) is 9.17. The quantitative estimate of drug-likeness (QED) is 0.304. The Kier molecular flexibility index (Phi) is 5.98. The zero-order valence-corrected chi connectivity index (χ0v) is 17.6. The summed E-state index contributed by atoms with van der Waals surface area (Å²) in [5, 5.41) is 7.43. The fourth-order valence-corrected chi connectivity index (χ4v) is 3.34. The smallest absolute Gasteiger partial charge is 0.253 e. The third-order valence-corrected chi connectivity index (χ3v) is 4.86. The number of nitrogens with zero attached hydrogens (tertiary/aromatic N) is 3. The van der Waals surface area contributed by atoms with E-state index in [9.17, 15) is 4.79 Å². The van der Waals surface area contributed by atoms with Crippen molar-refractivity contribution in [1.29, 1.82) is 0 Å². The predicted molar refractivity (Wildman–Crippen MR) is 122 cm³/mol. The number of nitrogen functional groups attached to an aromatic ring is 1. The van der Waals surface area contributed by atoms with E-state index < -0.39 is 0 Å². The Labute approximate surface area is 184 Å². The van der Waals surface area contributed by atoms with Crippen LogP contribution >= 0.6 is 0 Å². The molecule has 0 atom stereocenters. The molecule has 4 aromatic rings. The summed E-state index contributed by atoms with van der Waals surface area (Å²) in [7, 11) is 1.42. The number of hydrogen-bond donors (Lipinski definition) is 3. The van der Waals surface area contributed by atoms with Crippen molar-refractivity contribution in [2.24, 2.45) is 5.16 Å². The Balaban J connectivity index is 1.63. The second-order valence-electron chi connectivity index (χ2n) is 7.00. The van der Waals surface area contributed by atoms with Gasteiger partial charge in [-0.3, -0.25) is 4.79 Å². The van der Waals surface area contributed by atoms with Gasteiger partial charge < -0.3 is 25.6 Å². The van der Waals surface area contributed by atoms with Gasteiger partial charge in [0, 0.05) is 23.1 Å². The minimum Gasteiger partial charge on any atom is -0.438 e. The zero-order valence-electron chi connectivity index (χ0n) is 17.6.